The lowest BCUT2D eigenvalue weighted by Crippen LogP contribution is -2.44. The van der Waals surface area contributed by atoms with Crippen LogP contribution in [0.2, 0.25) is 0 Å². The zero-order valence-corrected chi connectivity index (χ0v) is 13.1. The predicted molar refractivity (Wildman–Crippen MR) is 87.1 cm³/mol. The second-order valence-electron chi connectivity index (χ2n) is 5.81. The lowest BCUT2D eigenvalue weighted by Gasteiger charge is -2.29. The standard InChI is InChI=1S/C17H24N4O/c1-15(14-20-9-11-22-12-10-20)18-13-16-3-5-17(6-4-16)21-8-2-7-19-21/h2-8,15,18H,9-14H2,1H3. The molecule has 0 radical (unpaired) electrons. The predicted octanol–water partition coefficient (Wildman–Crippen LogP) is 1.68. The molecule has 1 N–H and O–H groups in total. The number of nitrogens with one attached hydrogen (secondary N) is 1. The third-order valence-electron chi connectivity index (χ3n) is 4.00. The average Bonchev–Trinajstić information content (AvgIpc) is 3.09. The van der Waals surface area contributed by atoms with E-state index in [1.165, 1.54) is 5.56 Å². The molecule has 1 aromatic carbocycles. The molecule has 3 rings (SSSR count). The van der Waals surface area contributed by atoms with Crippen molar-refractivity contribution in [3.05, 3.63) is 48.3 Å². The number of hydrogen-bond acceptors (Lipinski definition) is 4. The van der Waals surface area contributed by atoms with Gasteiger partial charge in [0.25, 0.3) is 0 Å². The molecule has 1 aromatic heterocycles. The molecule has 22 heavy (non-hydrogen) atoms. The van der Waals surface area contributed by atoms with Crippen LogP contribution in [0.15, 0.2) is 42.7 Å². The fourth-order valence-electron chi connectivity index (χ4n) is 2.72. The normalized spacial score (nSPS) is 17.5. The van der Waals surface area contributed by atoms with Gasteiger partial charge in [-0.25, -0.2) is 4.68 Å². The van der Waals surface area contributed by atoms with Gasteiger partial charge in [0.05, 0.1) is 18.9 Å². The number of benzene rings is 1. The molecular formula is C17H24N4O. The Morgan fingerprint density at radius 3 is 2.68 bits per heavy atom. The Morgan fingerprint density at radius 2 is 2.00 bits per heavy atom. The minimum Gasteiger partial charge on any atom is -0.379 e. The molecule has 5 heteroatoms. The van der Waals surface area contributed by atoms with E-state index in [2.05, 4.69) is 46.5 Å². The largest absolute Gasteiger partial charge is 0.379 e. The molecule has 118 valence electrons. The minimum absolute atomic E-state index is 0.476. The van der Waals surface area contributed by atoms with E-state index in [-0.39, 0.29) is 0 Å². The lowest BCUT2D eigenvalue weighted by molar-refractivity contribution is 0.0343. The molecule has 1 unspecified atom stereocenters. The number of hydrogen-bond donors (Lipinski definition) is 1. The first-order chi connectivity index (χ1) is 10.8. The second kappa shape index (κ2) is 7.54. The molecule has 0 amide bonds. The van der Waals surface area contributed by atoms with Gasteiger partial charge >= 0.3 is 0 Å². The third kappa shape index (κ3) is 4.16. The fourth-order valence-corrected chi connectivity index (χ4v) is 2.72. The molecule has 0 bridgehead atoms. The molecule has 1 fully saturated rings. The molecule has 0 spiro atoms. The molecule has 2 aromatic rings. The van der Waals surface area contributed by atoms with Gasteiger partial charge < -0.3 is 10.1 Å². The summed E-state index contributed by atoms with van der Waals surface area (Å²) >= 11 is 0. The molecule has 2 heterocycles. The maximum Gasteiger partial charge on any atom is 0.0645 e. The summed E-state index contributed by atoms with van der Waals surface area (Å²) in [6, 6.07) is 10.9. The summed E-state index contributed by atoms with van der Waals surface area (Å²) in [7, 11) is 0. The van der Waals surface area contributed by atoms with Crippen LogP contribution >= 0.6 is 0 Å². The quantitative estimate of drug-likeness (QED) is 0.881. The maximum absolute atomic E-state index is 5.38. The van der Waals surface area contributed by atoms with Crippen LogP contribution < -0.4 is 5.32 Å². The van der Waals surface area contributed by atoms with Crippen LogP contribution in [0, 0.1) is 0 Å². The maximum atomic E-state index is 5.38. The van der Waals surface area contributed by atoms with Crippen molar-refractivity contribution in [2.45, 2.75) is 19.5 Å². The van der Waals surface area contributed by atoms with Crippen LogP contribution in [0.4, 0.5) is 0 Å². The smallest absolute Gasteiger partial charge is 0.0645 e. The summed E-state index contributed by atoms with van der Waals surface area (Å²) < 4.78 is 7.26. The fraction of sp³-hybridized carbons (Fsp3) is 0.471. The van der Waals surface area contributed by atoms with Gasteiger partial charge in [-0.1, -0.05) is 12.1 Å². The Kier molecular flexibility index (Phi) is 5.21. The van der Waals surface area contributed by atoms with Gasteiger partial charge in [-0.3, -0.25) is 4.90 Å². The first kappa shape index (κ1) is 15.2. The minimum atomic E-state index is 0.476. The number of ether oxygens (including phenoxy) is 1. The summed E-state index contributed by atoms with van der Waals surface area (Å²) in [6.45, 7) is 8.03. The van der Waals surface area contributed by atoms with Gasteiger partial charge in [-0.2, -0.15) is 5.10 Å². The first-order valence-electron chi connectivity index (χ1n) is 7.94. The molecule has 5 nitrogen and oxygen atoms in total. The van der Waals surface area contributed by atoms with E-state index in [4.69, 9.17) is 4.74 Å². The Bertz CT molecular complexity index is 547. The van der Waals surface area contributed by atoms with Gasteiger partial charge in [0.1, 0.15) is 0 Å². The highest BCUT2D eigenvalue weighted by Gasteiger charge is 2.13. The topological polar surface area (TPSA) is 42.3 Å². The van der Waals surface area contributed by atoms with E-state index >= 15 is 0 Å². The van der Waals surface area contributed by atoms with E-state index in [0.29, 0.717) is 6.04 Å². The molecular weight excluding hydrogens is 276 g/mol. The van der Waals surface area contributed by atoms with Crippen molar-refractivity contribution in [3.63, 3.8) is 0 Å². The monoisotopic (exact) mass is 300 g/mol. The van der Waals surface area contributed by atoms with Gasteiger partial charge in [0.15, 0.2) is 0 Å². The van der Waals surface area contributed by atoms with Crippen molar-refractivity contribution in [3.8, 4) is 5.69 Å². The van der Waals surface area contributed by atoms with Crippen LogP contribution in [0.5, 0.6) is 0 Å². The van der Waals surface area contributed by atoms with Gasteiger partial charge in [0, 0.05) is 44.6 Å². The summed E-state index contributed by atoms with van der Waals surface area (Å²) in [5.41, 5.74) is 2.39. The van der Waals surface area contributed by atoms with Crippen molar-refractivity contribution in [1.82, 2.24) is 20.0 Å². The first-order valence-corrected chi connectivity index (χ1v) is 7.94. The zero-order chi connectivity index (χ0) is 15.2. The van der Waals surface area contributed by atoms with Crippen LogP contribution in [0.1, 0.15) is 12.5 Å². The van der Waals surface area contributed by atoms with E-state index in [1.807, 2.05) is 16.9 Å². The average molecular weight is 300 g/mol. The highest BCUT2D eigenvalue weighted by atomic mass is 16.5. The van der Waals surface area contributed by atoms with Gasteiger partial charge in [-0.05, 0) is 30.7 Å². The van der Waals surface area contributed by atoms with Crippen molar-refractivity contribution in [2.24, 2.45) is 0 Å². The Labute approximate surface area is 131 Å². The van der Waals surface area contributed by atoms with E-state index in [1.54, 1.807) is 6.20 Å². The van der Waals surface area contributed by atoms with Crippen molar-refractivity contribution in [2.75, 3.05) is 32.8 Å². The van der Waals surface area contributed by atoms with E-state index in [0.717, 1.165) is 45.1 Å². The van der Waals surface area contributed by atoms with Crippen LogP contribution in [0.25, 0.3) is 5.69 Å². The zero-order valence-electron chi connectivity index (χ0n) is 13.1. The van der Waals surface area contributed by atoms with Crippen molar-refractivity contribution < 1.29 is 4.74 Å². The molecule has 1 aliphatic rings. The Morgan fingerprint density at radius 1 is 1.23 bits per heavy atom. The van der Waals surface area contributed by atoms with Crippen LogP contribution in [-0.4, -0.2) is 53.6 Å². The highest BCUT2D eigenvalue weighted by Crippen LogP contribution is 2.09. The second-order valence-corrected chi connectivity index (χ2v) is 5.81. The number of morpholine rings is 1. The molecule has 1 aliphatic heterocycles. The van der Waals surface area contributed by atoms with Crippen molar-refractivity contribution in [1.29, 1.82) is 0 Å². The number of rotatable bonds is 6. The van der Waals surface area contributed by atoms with Gasteiger partial charge in [0.2, 0.25) is 0 Å². The van der Waals surface area contributed by atoms with Gasteiger partial charge in [-0.15, -0.1) is 0 Å². The van der Waals surface area contributed by atoms with Crippen LogP contribution in [-0.2, 0) is 11.3 Å². The van der Waals surface area contributed by atoms with Crippen LogP contribution in [0.3, 0.4) is 0 Å². The Balaban J connectivity index is 1.46. The molecule has 0 saturated carbocycles. The van der Waals surface area contributed by atoms with E-state index in [9.17, 15) is 0 Å². The number of nitrogens with zero attached hydrogens (tertiary/aromatic N) is 3. The summed E-state index contributed by atoms with van der Waals surface area (Å²) in [5, 5.41) is 7.84. The SMILES string of the molecule is CC(CN1CCOCC1)NCc1ccc(-n2cccn2)cc1. The summed E-state index contributed by atoms with van der Waals surface area (Å²) in [6.07, 6.45) is 3.75. The Hall–Kier alpha value is -1.69. The summed E-state index contributed by atoms with van der Waals surface area (Å²) in [4.78, 5) is 2.46. The lowest BCUT2D eigenvalue weighted by atomic mass is 10.2. The highest BCUT2D eigenvalue weighted by molar-refractivity contribution is 5.33. The molecule has 0 aliphatic carbocycles. The molecule has 1 atom stereocenters. The summed E-state index contributed by atoms with van der Waals surface area (Å²) in [5.74, 6) is 0. The third-order valence-corrected chi connectivity index (χ3v) is 4.00. The number of aromatic nitrogens is 2. The molecule has 1 saturated heterocycles. The van der Waals surface area contributed by atoms with Crippen molar-refractivity contribution >= 4 is 0 Å². The van der Waals surface area contributed by atoms with E-state index < -0.39 is 0 Å².